The van der Waals surface area contributed by atoms with Gasteiger partial charge in [0.2, 0.25) is 5.91 Å². The lowest BCUT2D eigenvalue weighted by Crippen LogP contribution is -2.33. The molecule has 0 spiro atoms. The van der Waals surface area contributed by atoms with Gasteiger partial charge < -0.3 is 29.3 Å². The van der Waals surface area contributed by atoms with E-state index in [1.807, 2.05) is 6.07 Å². The number of ether oxygens (including phenoxy) is 3. The Morgan fingerprint density at radius 1 is 1.06 bits per heavy atom. The molecule has 0 saturated carbocycles. The molecule has 2 aliphatic rings. The van der Waals surface area contributed by atoms with E-state index in [1.165, 1.54) is 43.7 Å². The number of benzene rings is 1. The lowest BCUT2D eigenvalue weighted by atomic mass is 10.1. The Morgan fingerprint density at radius 3 is 2.35 bits per heavy atom. The van der Waals surface area contributed by atoms with Gasteiger partial charge in [0.25, 0.3) is 0 Å². The molecular weight excluding hydrogens is 434 g/mol. The predicted octanol–water partition coefficient (Wildman–Crippen LogP) is 4.39. The van der Waals surface area contributed by atoms with E-state index in [9.17, 15) is 9.59 Å². The van der Waals surface area contributed by atoms with Crippen molar-refractivity contribution in [1.29, 1.82) is 0 Å². The van der Waals surface area contributed by atoms with Gasteiger partial charge in [-0.1, -0.05) is 38.7 Å². The first-order valence-electron chi connectivity index (χ1n) is 12.6. The molecule has 1 N–H and O–H groups in total. The molecule has 0 aliphatic carbocycles. The molecule has 192 valence electrons. The van der Waals surface area contributed by atoms with Crippen molar-refractivity contribution in [3.8, 4) is 11.5 Å². The van der Waals surface area contributed by atoms with Crippen LogP contribution in [-0.2, 0) is 9.53 Å². The van der Waals surface area contributed by atoms with Crippen molar-refractivity contribution in [2.24, 2.45) is 0 Å². The maximum atomic E-state index is 12.2. The van der Waals surface area contributed by atoms with Crippen LogP contribution >= 0.6 is 0 Å². The number of rotatable bonds is 10. The van der Waals surface area contributed by atoms with Gasteiger partial charge in [-0.3, -0.25) is 4.79 Å². The number of nitrogens with one attached hydrogen (secondary N) is 1. The number of carbonyl (C=O) groups excluding carboxylic acids is 2. The van der Waals surface area contributed by atoms with Gasteiger partial charge in [-0.2, -0.15) is 0 Å². The third kappa shape index (κ3) is 10.2. The van der Waals surface area contributed by atoms with E-state index >= 15 is 0 Å². The van der Waals surface area contributed by atoms with Gasteiger partial charge in [0.05, 0.1) is 6.54 Å². The summed E-state index contributed by atoms with van der Waals surface area (Å²) in [4.78, 5) is 27.9. The van der Waals surface area contributed by atoms with E-state index in [0.29, 0.717) is 31.1 Å². The fourth-order valence-electron chi connectivity index (χ4n) is 3.77. The van der Waals surface area contributed by atoms with Crippen LogP contribution in [0.3, 0.4) is 0 Å². The number of carbonyl (C=O) groups is 2. The van der Waals surface area contributed by atoms with Gasteiger partial charge in [-0.05, 0) is 57.1 Å². The smallest absolute Gasteiger partial charge is 0.409 e. The first-order chi connectivity index (χ1) is 16.4. The highest BCUT2D eigenvalue weighted by Gasteiger charge is 2.22. The molecule has 2 heterocycles. The normalized spacial score (nSPS) is 15.6. The van der Waals surface area contributed by atoms with Crippen LogP contribution in [0, 0.1) is 0 Å². The van der Waals surface area contributed by atoms with Gasteiger partial charge in [0.15, 0.2) is 11.5 Å². The monoisotopic (exact) mass is 477 g/mol. The van der Waals surface area contributed by atoms with Crippen molar-refractivity contribution in [3.63, 3.8) is 0 Å². The molecule has 1 aromatic carbocycles. The number of amides is 2. The quantitative estimate of drug-likeness (QED) is 0.504. The minimum atomic E-state index is -0.602. The van der Waals surface area contributed by atoms with Crippen LogP contribution in [-0.4, -0.2) is 75.8 Å². The molecule has 1 fully saturated rings. The topological polar surface area (TPSA) is 80.3 Å². The highest BCUT2D eigenvalue weighted by molar-refractivity contribution is 5.76. The molecule has 1 unspecified atom stereocenters. The van der Waals surface area contributed by atoms with Crippen LogP contribution < -0.4 is 14.8 Å². The molecule has 2 aliphatic heterocycles. The third-order valence-corrected chi connectivity index (χ3v) is 5.87. The Morgan fingerprint density at radius 2 is 1.74 bits per heavy atom. The van der Waals surface area contributed by atoms with E-state index in [0.717, 1.165) is 24.8 Å². The number of fused-ring (bicyclic) bond motifs is 1. The minimum Gasteiger partial charge on any atom is -0.486 e. The van der Waals surface area contributed by atoms with Crippen molar-refractivity contribution >= 4 is 12.0 Å². The zero-order valence-corrected chi connectivity index (χ0v) is 21.4. The largest absolute Gasteiger partial charge is 0.486 e. The van der Waals surface area contributed by atoms with Gasteiger partial charge >= 0.3 is 6.09 Å². The Labute approximate surface area is 204 Å². The van der Waals surface area contributed by atoms with Crippen LogP contribution in [0.4, 0.5) is 4.79 Å². The van der Waals surface area contributed by atoms with E-state index in [1.54, 1.807) is 26.2 Å². The summed E-state index contributed by atoms with van der Waals surface area (Å²) in [7, 11) is 5.42. The molecule has 2 amide bonds. The second-order valence-electron chi connectivity index (χ2n) is 9.15. The zero-order chi connectivity index (χ0) is 24.8. The van der Waals surface area contributed by atoms with Crippen molar-refractivity contribution in [1.82, 2.24) is 15.1 Å². The van der Waals surface area contributed by atoms with E-state index in [4.69, 9.17) is 14.2 Å². The molecule has 34 heavy (non-hydrogen) atoms. The molecule has 3 rings (SSSR count). The lowest BCUT2D eigenvalue weighted by Gasteiger charge is -2.24. The number of unbranched alkanes of at least 4 members (excludes halogenated alkanes) is 4. The molecule has 1 aromatic rings. The first-order valence-corrected chi connectivity index (χ1v) is 12.6. The number of likely N-dealkylation sites (tertiary alicyclic amines) is 1. The van der Waals surface area contributed by atoms with Crippen LogP contribution in [0.1, 0.15) is 70.0 Å². The first kappa shape index (κ1) is 27.8. The summed E-state index contributed by atoms with van der Waals surface area (Å²) >= 11 is 0. The summed E-state index contributed by atoms with van der Waals surface area (Å²) in [5, 5.41) is 2.89. The summed E-state index contributed by atoms with van der Waals surface area (Å²) in [5.41, 5.74) is 0.752. The second-order valence-corrected chi connectivity index (χ2v) is 9.15. The van der Waals surface area contributed by atoms with E-state index in [2.05, 4.69) is 24.2 Å². The average Bonchev–Trinajstić information content (AvgIpc) is 3.32. The standard InChI is InChI=1S/C21H32N2O5.C5H11N/c1-4-5-6-7-8-9-20(24)22-15-19(28-21(25)23(2)3)16-10-11-17-18(14-16)27-13-12-26-17;1-6-4-2-3-5-6/h10-11,14,19H,4-9,12-13,15H2,1-3H3,(H,22,24);2-5H2,1H3. The summed E-state index contributed by atoms with van der Waals surface area (Å²) in [6.07, 6.45) is 7.72. The van der Waals surface area contributed by atoms with Gasteiger partial charge in [-0.25, -0.2) is 4.79 Å². The van der Waals surface area contributed by atoms with Crippen molar-refractivity contribution in [2.45, 2.75) is 64.4 Å². The zero-order valence-electron chi connectivity index (χ0n) is 21.4. The molecule has 1 saturated heterocycles. The Balaban J connectivity index is 0.000000589. The van der Waals surface area contributed by atoms with E-state index in [-0.39, 0.29) is 12.5 Å². The lowest BCUT2D eigenvalue weighted by molar-refractivity contribution is -0.121. The fraction of sp³-hybridized carbons (Fsp3) is 0.692. The number of hydrogen-bond acceptors (Lipinski definition) is 6. The molecule has 8 nitrogen and oxygen atoms in total. The molecule has 0 radical (unpaired) electrons. The van der Waals surface area contributed by atoms with E-state index < -0.39 is 12.2 Å². The molecule has 1 atom stereocenters. The molecule has 0 aromatic heterocycles. The van der Waals surface area contributed by atoms with Crippen LogP contribution in [0.15, 0.2) is 18.2 Å². The number of nitrogens with zero attached hydrogens (tertiary/aromatic N) is 2. The van der Waals surface area contributed by atoms with Crippen LogP contribution in [0.2, 0.25) is 0 Å². The highest BCUT2D eigenvalue weighted by Crippen LogP contribution is 2.33. The highest BCUT2D eigenvalue weighted by atomic mass is 16.6. The molecule has 8 heteroatoms. The Kier molecular flexibility index (Phi) is 12.6. The SMILES string of the molecule is CCCCCCCC(=O)NCC(OC(=O)N(C)C)c1ccc2c(c1)OCCO2.CN1CCCC1. The fourth-order valence-corrected chi connectivity index (χ4v) is 3.77. The average molecular weight is 478 g/mol. The molecule has 0 bridgehead atoms. The maximum Gasteiger partial charge on any atom is 0.409 e. The second kappa shape index (κ2) is 15.4. The van der Waals surface area contributed by atoms with Gasteiger partial charge in [-0.15, -0.1) is 0 Å². The summed E-state index contributed by atoms with van der Waals surface area (Å²) < 4.78 is 16.7. The van der Waals surface area contributed by atoms with Gasteiger partial charge in [0.1, 0.15) is 19.3 Å². The third-order valence-electron chi connectivity index (χ3n) is 5.87. The van der Waals surface area contributed by atoms with Crippen molar-refractivity contribution in [3.05, 3.63) is 23.8 Å². The van der Waals surface area contributed by atoms with Gasteiger partial charge in [0, 0.05) is 20.5 Å². The molecular formula is C26H43N3O5. The predicted molar refractivity (Wildman–Crippen MR) is 133 cm³/mol. The minimum absolute atomic E-state index is 0.0278. The van der Waals surface area contributed by atoms with Crippen molar-refractivity contribution < 1.29 is 23.8 Å². The summed E-state index contributed by atoms with van der Waals surface area (Å²) in [5.74, 6) is 1.26. The Bertz CT molecular complexity index is 750. The number of hydrogen-bond donors (Lipinski definition) is 1. The summed E-state index contributed by atoms with van der Waals surface area (Å²) in [6.45, 7) is 6.01. The Hall–Kier alpha value is -2.48. The van der Waals surface area contributed by atoms with Crippen LogP contribution in [0.5, 0.6) is 11.5 Å². The van der Waals surface area contributed by atoms with Crippen LogP contribution in [0.25, 0.3) is 0 Å². The maximum absolute atomic E-state index is 12.2. The van der Waals surface area contributed by atoms with Crippen molar-refractivity contribution in [2.75, 3.05) is 54.0 Å². The summed E-state index contributed by atoms with van der Waals surface area (Å²) in [6, 6.07) is 5.44.